The Hall–Kier alpha value is -2.59. The number of thiophene rings is 1. The van der Waals surface area contributed by atoms with Crippen molar-refractivity contribution in [2.24, 2.45) is 0 Å². The van der Waals surface area contributed by atoms with Crippen molar-refractivity contribution in [3.63, 3.8) is 0 Å². The average Bonchev–Trinajstić information content (AvgIpc) is 3.05. The summed E-state index contributed by atoms with van der Waals surface area (Å²) in [4.78, 5) is 15.3. The fraction of sp³-hybridized carbons (Fsp3) is 0.190. The highest BCUT2D eigenvalue weighted by molar-refractivity contribution is 7.10. The highest BCUT2D eigenvalue weighted by Crippen LogP contribution is 2.24. The van der Waals surface area contributed by atoms with Crippen molar-refractivity contribution < 1.29 is 4.79 Å². The molecule has 1 heterocycles. The van der Waals surface area contributed by atoms with Crippen LogP contribution in [0.1, 0.15) is 16.0 Å². The first-order valence-corrected chi connectivity index (χ1v) is 9.18. The zero-order chi connectivity index (χ0) is 17.6. The molecule has 128 valence electrons. The van der Waals surface area contributed by atoms with Crippen molar-refractivity contribution in [1.29, 1.82) is 0 Å². The maximum atomic E-state index is 12.4. The first kappa shape index (κ1) is 17.2. The Bertz CT molecular complexity index is 842. The zero-order valence-corrected chi connectivity index (χ0v) is 15.3. The third-order valence-corrected chi connectivity index (χ3v) is 5.25. The SMILES string of the molecule is Cc1ccsc1CNC(=O)N(C)Cc1ccccc1-c1ccccc1. The molecule has 2 aromatic carbocycles. The van der Waals surface area contributed by atoms with E-state index in [1.807, 2.05) is 37.4 Å². The molecule has 0 saturated carbocycles. The van der Waals surface area contributed by atoms with Crippen LogP contribution in [-0.4, -0.2) is 18.0 Å². The molecule has 25 heavy (non-hydrogen) atoms. The van der Waals surface area contributed by atoms with E-state index in [1.54, 1.807) is 16.2 Å². The first-order chi connectivity index (χ1) is 12.1. The summed E-state index contributed by atoms with van der Waals surface area (Å²) in [6, 6.07) is 20.5. The number of nitrogens with zero attached hydrogens (tertiary/aromatic N) is 1. The summed E-state index contributed by atoms with van der Waals surface area (Å²) in [6.07, 6.45) is 0. The van der Waals surface area contributed by atoms with Gasteiger partial charge in [0.1, 0.15) is 0 Å². The number of urea groups is 1. The fourth-order valence-electron chi connectivity index (χ4n) is 2.76. The Morgan fingerprint density at radius 3 is 2.48 bits per heavy atom. The predicted octanol–water partition coefficient (Wildman–Crippen LogP) is 5.07. The standard InChI is InChI=1S/C21H22N2OS/c1-16-12-13-25-20(16)14-22-21(24)23(2)15-18-10-6-7-11-19(18)17-8-4-3-5-9-17/h3-13H,14-15H2,1-2H3,(H,22,24). The lowest BCUT2D eigenvalue weighted by Gasteiger charge is -2.20. The number of hydrogen-bond donors (Lipinski definition) is 1. The van der Waals surface area contributed by atoms with Crippen molar-refractivity contribution in [2.75, 3.05) is 7.05 Å². The monoisotopic (exact) mass is 350 g/mol. The average molecular weight is 350 g/mol. The molecule has 0 atom stereocenters. The van der Waals surface area contributed by atoms with Crippen LogP contribution in [0.2, 0.25) is 0 Å². The van der Waals surface area contributed by atoms with Gasteiger partial charge in [0.2, 0.25) is 0 Å². The molecule has 3 aromatic rings. The van der Waals surface area contributed by atoms with Gasteiger partial charge in [-0.2, -0.15) is 0 Å². The fourth-order valence-corrected chi connectivity index (χ4v) is 3.61. The molecule has 1 N–H and O–H groups in total. The molecule has 2 amide bonds. The zero-order valence-electron chi connectivity index (χ0n) is 14.5. The van der Waals surface area contributed by atoms with Crippen molar-refractivity contribution >= 4 is 17.4 Å². The van der Waals surface area contributed by atoms with Crippen LogP contribution in [0.3, 0.4) is 0 Å². The molecule has 0 aliphatic carbocycles. The second-order valence-corrected chi connectivity index (χ2v) is 7.07. The van der Waals surface area contributed by atoms with Gasteiger partial charge in [0, 0.05) is 18.5 Å². The van der Waals surface area contributed by atoms with Crippen LogP contribution in [-0.2, 0) is 13.1 Å². The predicted molar refractivity (Wildman–Crippen MR) is 105 cm³/mol. The molecule has 0 unspecified atom stereocenters. The van der Waals surface area contributed by atoms with E-state index < -0.39 is 0 Å². The molecule has 3 rings (SSSR count). The number of aryl methyl sites for hydroxylation is 1. The highest BCUT2D eigenvalue weighted by Gasteiger charge is 2.12. The van der Waals surface area contributed by atoms with Gasteiger partial charge < -0.3 is 10.2 Å². The Kier molecular flexibility index (Phi) is 5.51. The Morgan fingerprint density at radius 1 is 1.04 bits per heavy atom. The third kappa shape index (κ3) is 4.28. The molecule has 0 spiro atoms. The second-order valence-electron chi connectivity index (χ2n) is 6.06. The molecule has 0 aliphatic rings. The number of carbonyl (C=O) groups is 1. The highest BCUT2D eigenvalue weighted by atomic mass is 32.1. The molecular formula is C21H22N2OS. The molecule has 0 aliphatic heterocycles. The maximum absolute atomic E-state index is 12.4. The van der Waals surface area contributed by atoms with Crippen LogP contribution >= 0.6 is 11.3 Å². The molecule has 3 nitrogen and oxygen atoms in total. The molecule has 0 radical (unpaired) electrons. The molecular weight excluding hydrogens is 328 g/mol. The lowest BCUT2D eigenvalue weighted by Crippen LogP contribution is -2.36. The molecule has 1 aromatic heterocycles. The van der Waals surface area contributed by atoms with Gasteiger partial charge in [-0.25, -0.2) is 4.79 Å². The Morgan fingerprint density at radius 2 is 1.76 bits per heavy atom. The summed E-state index contributed by atoms with van der Waals surface area (Å²) in [6.45, 7) is 3.21. The van der Waals surface area contributed by atoms with E-state index in [9.17, 15) is 4.79 Å². The summed E-state index contributed by atoms with van der Waals surface area (Å²) < 4.78 is 0. The van der Waals surface area contributed by atoms with Crippen LogP contribution in [0.15, 0.2) is 66.0 Å². The molecule has 0 fully saturated rings. The van der Waals surface area contributed by atoms with Gasteiger partial charge >= 0.3 is 6.03 Å². The normalized spacial score (nSPS) is 10.5. The van der Waals surface area contributed by atoms with E-state index in [0.717, 1.165) is 11.1 Å². The van der Waals surface area contributed by atoms with Gasteiger partial charge in [-0.1, -0.05) is 54.6 Å². The summed E-state index contributed by atoms with van der Waals surface area (Å²) in [7, 11) is 1.83. The van der Waals surface area contributed by atoms with Crippen molar-refractivity contribution in [1.82, 2.24) is 10.2 Å². The van der Waals surface area contributed by atoms with Crippen molar-refractivity contribution in [3.05, 3.63) is 82.0 Å². The van der Waals surface area contributed by atoms with E-state index >= 15 is 0 Å². The Labute approximate surface area is 152 Å². The van der Waals surface area contributed by atoms with Gasteiger partial charge in [0.05, 0.1) is 6.54 Å². The summed E-state index contributed by atoms with van der Waals surface area (Å²) in [5, 5.41) is 5.05. The van der Waals surface area contributed by atoms with Gasteiger partial charge in [0.15, 0.2) is 0 Å². The van der Waals surface area contributed by atoms with E-state index in [0.29, 0.717) is 13.1 Å². The van der Waals surface area contributed by atoms with Crippen molar-refractivity contribution in [3.8, 4) is 11.1 Å². The van der Waals surface area contributed by atoms with Gasteiger partial charge in [0.25, 0.3) is 0 Å². The summed E-state index contributed by atoms with van der Waals surface area (Å²) in [5.74, 6) is 0. The van der Waals surface area contributed by atoms with Crippen LogP contribution in [0.4, 0.5) is 4.79 Å². The third-order valence-electron chi connectivity index (χ3n) is 4.22. The minimum Gasteiger partial charge on any atom is -0.333 e. The Balaban J connectivity index is 1.68. The minimum absolute atomic E-state index is 0.0596. The first-order valence-electron chi connectivity index (χ1n) is 8.30. The number of amides is 2. The van der Waals surface area contributed by atoms with E-state index in [4.69, 9.17) is 0 Å². The van der Waals surface area contributed by atoms with Gasteiger partial charge in [-0.05, 0) is 40.6 Å². The van der Waals surface area contributed by atoms with Gasteiger partial charge in [-0.3, -0.25) is 0 Å². The largest absolute Gasteiger partial charge is 0.333 e. The number of benzene rings is 2. The van der Waals surface area contributed by atoms with E-state index in [1.165, 1.54) is 16.0 Å². The number of hydrogen-bond acceptors (Lipinski definition) is 2. The topological polar surface area (TPSA) is 32.3 Å². The van der Waals surface area contributed by atoms with E-state index in [2.05, 4.69) is 48.0 Å². The van der Waals surface area contributed by atoms with E-state index in [-0.39, 0.29) is 6.03 Å². The number of carbonyl (C=O) groups excluding carboxylic acids is 1. The smallest absolute Gasteiger partial charge is 0.317 e. The quantitative estimate of drug-likeness (QED) is 0.685. The lowest BCUT2D eigenvalue weighted by molar-refractivity contribution is 0.206. The second kappa shape index (κ2) is 7.99. The van der Waals surface area contributed by atoms with Crippen LogP contribution in [0.5, 0.6) is 0 Å². The minimum atomic E-state index is -0.0596. The lowest BCUT2D eigenvalue weighted by atomic mass is 9.99. The summed E-state index contributed by atoms with van der Waals surface area (Å²) >= 11 is 1.67. The van der Waals surface area contributed by atoms with Crippen LogP contribution < -0.4 is 5.32 Å². The van der Waals surface area contributed by atoms with Crippen LogP contribution in [0, 0.1) is 6.92 Å². The van der Waals surface area contributed by atoms with Gasteiger partial charge in [-0.15, -0.1) is 11.3 Å². The maximum Gasteiger partial charge on any atom is 0.317 e. The van der Waals surface area contributed by atoms with Crippen molar-refractivity contribution in [2.45, 2.75) is 20.0 Å². The molecule has 4 heteroatoms. The molecule has 0 saturated heterocycles. The number of rotatable bonds is 5. The summed E-state index contributed by atoms with van der Waals surface area (Å²) in [5.41, 5.74) is 4.69. The molecule has 0 bridgehead atoms. The van der Waals surface area contributed by atoms with Crippen LogP contribution in [0.25, 0.3) is 11.1 Å². The number of nitrogens with one attached hydrogen (secondary N) is 1.